The molecular formula is C22H31N3O2. The Labute approximate surface area is 162 Å². The maximum atomic E-state index is 13.0. The van der Waals surface area contributed by atoms with Crippen LogP contribution in [-0.2, 0) is 29.0 Å². The smallest absolute Gasteiger partial charge is 0.313 e. The van der Waals surface area contributed by atoms with Crippen LogP contribution in [0.1, 0.15) is 43.6 Å². The van der Waals surface area contributed by atoms with Crippen molar-refractivity contribution in [3.63, 3.8) is 0 Å². The van der Waals surface area contributed by atoms with E-state index in [2.05, 4.69) is 46.5 Å². The zero-order chi connectivity index (χ0) is 19.3. The standard InChI is InChI=1S/C22H31N3O2/c1-4-25-14-12-23-20(25)16-24-13-8-11-22(17-24,21(26)27-5-2)15-19-10-7-6-9-18(19)3/h6-7,9-10,12,14H,4-5,8,11,13,15-17H2,1-3H3/t22-/m0/s1. The van der Waals surface area contributed by atoms with Gasteiger partial charge >= 0.3 is 5.97 Å². The van der Waals surface area contributed by atoms with Gasteiger partial charge in [-0.3, -0.25) is 9.69 Å². The normalized spacial score (nSPS) is 20.6. The number of nitrogens with zero attached hydrogens (tertiary/aromatic N) is 3. The molecule has 2 heterocycles. The summed E-state index contributed by atoms with van der Waals surface area (Å²) in [6.07, 6.45) is 6.48. The van der Waals surface area contributed by atoms with Crippen LogP contribution in [0.3, 0.4) is 0 Å². The van der Waals surface area contributed by atoms with E-state index in [0.717, 1.165) is 51.3 Å². The average molecular weight is 370 g/mol. The molecule has 0 spiro atoms. The fourth-order valence-corrected chi connectivity index (χ4v) is 4.18. The number of hydrogen-bond donors (Lipinski definition) is 0. The van der Waals surface area contributed by atoms with Crippen LogP contribution in [0.4, 0.5) is 0 Å². The van der Waals surface area contributed by atoms with Gasteiger partial charge in [0, 0.05) is 25.5 Å². The summed E-state index contributed by atoms with van der Waals surface area (Å²) in [7, 11) is 0. The molecule has 1 atom stereocenters. The highest BCUT2D eigenvalue weighted by molar-refractivity contribution is 5.78. The number of esters is 1. The van der Waals surface area contributed by atoms with E-state index in [0.29, 0.717) is 6.61 Å². The summed E-state index contributed by atoms with van der Waals surface area (Å²) in [5.41, 5.74) is 1.99. The average Bonchev–Trinajstić information content (AvgIpc) is 3.11. The lowest BCUT2D eigenvalue weighted by Crippen LogP contribution is -2.49. The molecule has 0 N–H and O–H groups in total. The monoisotopic (exact) mass is 369 g/mol. The van der Waals surface area contributed by atoms with Gasteiger partial charge < -0.3 is 9.30 Å². The maximum Gasteiger partial charge on any atom is 0.313 e. The first-order chi connectivity index (χ1) is 13.1. The molecule has 1 aliphatic rings. The Bertz CT molecular complexity index is 770. The molecule has 1 aliphatic heterocycles. The van der Waals surface area contributed by atoms with Crippen LogP contribution in [0.25, 0.3) is 0 Å². The number of rotatable bonds is 7. The zero-order valence-electron chi connectivity index (χ0n) is 16.8. The number of imidazole rings is 1. The molecule has 3 rings (SSSR count). The minimum absolute atomic E-state index is 0.0585. The van der Waals surface area contributed by atoms with E-state index in [9.17, 15) is 4.79 Å². The lowest BCUT2D eigenvalue weighted by molar-refractivity contribution is -0.159. The highest BCUT2D eigenvalue weighted by Gasteiger charge is 2.44. The van der Waals surface area contributed by atoms with Crippen molar-refractivity contribution in [3.8, 4) is 0 Å². The molecule has 146 valence electrons. The molecule has 0 bridgehead atoms. The van der Waals surface area contributed by atoms with Crippen LogP contribution < -0.4 is 0 Å². The third-order valence-electron chi connectivity index (χ3n) is 5.66. The third-order valence-corrected chi connectivity index (χ3v) is 5.66. The molecule has 27 heavy (non-hydrogen) atoms. The summed E-state index contributed by atoms with van der Waals surface area (Å²) in [6, 6.07) is 8.36. The second-order valence-corrected chi connectivity index (χ2v) is 7.55. The van der Waals surface area contributed by atoms with Gasteiger partial charge in [0.05, 0.1) is 18.6 Å². The van der Waals surface area contributed by atoms with Crippen molar-refractivity contribution in [2.24, 2.45) is 5.41 Å². The molecule has 1 saturated heterocycles. The Morgan fingerprint density at radius 2 is 2.11 bits per heavy atom. The highest BCUT2D eigenvalue weighted by Crippen LogP contribution is 2.36. The molecule has 1 aromatic carbocycles. The Hall–Kier alpha value is -2.14. The summed E-state index contributed by atoms with van der Waals surface area (Å²) in [5.74, 6) is 1.00. The minimum Gasteiger partial charge on any atom is -0.466 e. The van der Waals surface area contributed by atoms with Gasteiger partial charge in [-0.25, -0.2) is 4.98 Å². The van der Waals surface area contributed by atoms with E-state index in [1.807, 2.05) is 25.4 Å². The largest absolute Gasteiger partial charge is 0.466 e. The number of aryl methyl sites for hydroxylation is 2. The van der Waals surface area contributed by atoms with Gasteiger partial charge in [-0.2, -0.15) is 0 Å². The predicted octanol–water partition coefficient (Wildman–Crippen LogP) is 3.60. The van der Waals surface area contributed by atoms with Crippen LogP contribution in [0.15, 0.2) is 36.7 Å². The van der Waals surface area contributed by atoms with E-state index in [4.69, 9.17) is 4.74 Å². The first kappa shape index (κ1) is 19.6. The second kappa shape index (κ2) is 8.70. The van der Waals surface area contributed by atoms with Crippen LogP contribution in [0.5, 0.6) is 0 Å². The third kappa shape index (κ3) is 4.41. The van der Waals surface area contributed by atoms with Crippen molar-refractivity contribution in [3.05, 3.63) is 53.6 Å². The van der Waals surface area contributed by atoms with Crippen LogP contribution in [-0.4, -0.2) is 40.1 Å². The van der Waals surface area contributed by atoms with Gasteiger partial charge in [0.15, 0.2) is 0 Å². The number of piperidine rings is 1. The molecule has 0 amide bonds. The number of hydrogen-bond acceptors (Lipinski definition) is 4. The van der Waals surface area contributed by atoms with Crippen LogP contribution >= 0.6 is 0 Å². The number of carbonyl (C=O) groups is 1. The summed E-state index contributed by atoms with van der Waals surface area (Å²) in [4.78, 5) is 19.9. The topological polar surface area (TPSA) is 47.4 Å². The van der Waals surface area contributed by atoms with Gasteiger partial charge in [-0.15, -0.1) is 0 Å². The molecule has 0 saturated carbocycles. The first-order valence-corrected chi connectivity index (χ1v) is 10.0. The van der Waals surface area contributed by atoms with Crippen molar-refractivity contribution < 1.29 is 9.53 Å². The molecule has 5 nitrogen and oxygen atoms in total. The molecule has 2 aromatic rings. The Morgan fingerprint density at radius 3 is 2.85 bits per heavy atom. The molecule has 5 heteroatoms. The van der Waals surface area contributed by atoms with Crippen LogP contribution in [0.2, 0.25) is 0 Å². The van der Waals surface area contributed by atoms with Crippen molar-refractivity contribution in [1.29, 1.82) is 0 Å². The number of ether oxygens (including phenoxy) is 1. The number of aromatic nitrogens is 2. The van der Waals surface area contributed by atoms with Gasteiger partial charge in [-0.1, -0.05) is 24.3 Å². The van der Waals surface area contributed by atoms with E-state index in [1.54, 1.807) is 0 Å². The molecule has 1 aromatic heterocycles. The maximum absolute atomic E-state index is 13.0. The predicted molar refractivity (Wildman–Crippen MR) is 106 cm³/mol. The Balaban J connectivity index is 1.83. The van der Waals surface area contributed by atoms with Crippen molar-refractivity contribution >= 4 is 5.97 Å². The van der Waals surface area contributed by atoms with Gasteiger partial charge in [0.25, 0.3) is 0 Å². The molecule has 0 aliphatic carbocycles. The number of carbonyl (C=O) groups excluding carboxylic acids is 1. The number of likely N-dealkylation sites (tertiary alicyclic amines) is 1. The Morgan fingerprint density at radius 1 is 1.30 bits per heavy atom. The van der Waals surface area contributed by atoms with E-state index in [1.165, 1.54) is 11.1 Å². The minimum atomic E-state index is -0.482. The van der Waals surface area contributed by atoms with Crippen molar-refractivity contribution in [1.82, 2.24) is 14.5 Å². The summed E-state index contributed by atoms with van der Waals surface area (Å²) >= 11 is 0. The lowest BCUT2D eigenvalue weighted by Gasteiger charge is -2.41. The Kier molecular flexibility index (Phi) is 6.32. The van der Waals surface area contributed by atoms with E-state index >= 15 is 0 Å². The molecule has 0 radical (unpaired) electrons. The van der Waals surface area contributed by atoms with E-state index in [-0.39, 0.29) is 5.97 Å². The molecule has 1 fully saturated rings. The van der Waals surface area contributed by atoms with Crippen molar-refractivity contribution in [2.45, 2.75) is 53.1 Å². The van der Waals surface area contributed by atoms with Gasteiger partial charge in [0.2, 0.25) is 0 Å². The molecule has 0 unspecified atom stereocenters. The fraction of sp³-hybridized carbons (Fsp3) is 0.545. The highest BCUT2D eigenvalue weighted by atomic mass is 16.5. The zero-order valence-corrected chi connectivity index (χ0v) is 16.8. The summed E-state index contributed by atoms with van der Waals surface area (Å²) in [5, 5.41) is 0. The number of benzene rings is 1. The van der Waals surface area contributed by atoms with Gasteiger partial charge in [-0.05, 0) is 57.7 Å². The van der Waals surface area contributed by atoms with Crippen molar-refractivity contribution in [2.75, 3.05) is 19.7 Å². The molecular weight excluding hydrogens is 338 g/mol. The lowest BCUT2D eigenvalue weighted by atomic mass is 9.74. The fourth-order valence-electron chi connectivity index (χ4n) is 4.18. The SMILES string of the molecule is CCOC(=O)[C@]1(Cc2ccccc2C)CCCN(Cc2nccn2CC)C1. The van der Waals surface area contributed by atoms with Crippen LogP contribution in [0, 0.1) is 12.3 Å². The second-order valence-electron chi connectivity index (χ2n) is 7.55. The summed E-state index contributed by atoms with van der Waals surface area (Å²) < 4.78 is 7.71. The first-order valence-electron chi connectivity index (χ1n) is 10.0. The quantitative estimate of drug-likeness (QED) is 0.700. The van der Waals surface area contributed by atoms with Gasteiger partial charge in [0.1, 0.15) is 5.82 Å². The summed E-state index contributed by atoms with van der Waals surface area (Å²) in [6.45, 7) is 9.95. The van der Waals surface area contributed by atoms with E-state index < -0.39 is 5.41 Å².